The van der Waals surface area contributed by atoms with Gasteiger partial charge in [-0.15, -0.1) is 0 Å². The van der Waals surface area contributed by atoms with Gasteiger partial charge in [-0.05, 0) is 29.8 Å². The van der Waals surface area contributed by atoms with Crippen LogP contribution in [-0.2, 0) is 11.3 Å². The number of amides is 1. The summed E-state index contributed by atoms with van der Waals surface area (Å²) in [5.74, 6) is 1.78. The summed E-state index contributed by atoms with van der Waals surface area (Å²) in [7, 11) is 1.58. The first kappa shape index (κ1) is 19.0. The zero-order chi connectivity index (χ0) is 19.1. The normalized spacial score (nSPS) is 10.4. The first-order valence-electron chi connectivity index (χ1n) is 8.47. The number of nitrogens with one attached hydrogen (secondary N) is 1. The van der Waals surface area contributed by atoms with E-state index in [2.05, 4.69) is 26.3 Å². The zero-order valence-electron chi connectivity index (χ0n) is 14.9. The van der Waals surface area contributed by atoms with Crippen molar-refractivity contribution in [3.63, 3.8) is 0 Å². The predicted octanol–water partition coefficient (Wildman–Crippen LogP) is 4.11. The highest BCUT2D eigenvalue weighted by Crippen LogP contribution is 2.25. The molecule has 0 bridgehead atoms. The lowest BCUT2D eigenvalue weighted by Crippen LogP contribution is -2.18. The van der Waals surface area contributed by atoms with Crippen molar-refractivity contribution in [1.29, 1.82) is 0 Å². The third-order valence-electron chi connectivity index (χ3n) is 3.89. The maximum atomic E-state index is 12.2. The van der Waals surface area contributed by atoms with Crippen LogP contribution in [0.2, 0.25) is 0 Å². The van der Waals surface area contributed by atoms with Crippen molar-refractivity contribution >= 4 is 27.7 Å². The summed E-state index contributed by atoms with van der Waals surface area (Å²) in [5, 5.41) is 7.16. The van der Waals surface area contributed by atoms with Gasteiger partial charge in [-0.25, -0.2) is 4.68 Å². The fraction of sp³-hybridized carbons (Fsp3) is 0.200. The smallest absolute Gasteiger partial charge is 0.228 e. The van der Waals surface area contributed by atoms with Crippen molar-refractivity contribution in [3.8, 4) is 11.5 Å². The van der Waals surface area contributed by atoms with Crippen molar-refractivity contribution in [2.75, 3.05) is 19.0 Å². The van der Waals surface area contributed by atoms with E-state index >= 15 is 0 Å². The topological polar surface area (TPSA) is 65.4 Å². The fourth-order valence-electron chi connectivity index (χ4n) is 2.52. The molecular weight excluding hydrogens is 410 g/mol. The molecule has 0 unspecified atom stereocenters. The number of aromatic nitrogens is 2. The molecule has 6 nitrogen and oxygen atoms in total. The highest BCUT2D eigenvalue weighted by atomic mass is 79.9. The molecule has 0 aliphatic carbocycles. The van der Waals surface area contributed by atoms with Crippen LogP contribution in [0, 0.1) is 0 Å². The maximum absolute atomic E-state index is 12.2. The van der Waals surface area contributed by atoms with E-state index in [0.717, 1.165) is 10.0 Å². The Morgan fingerprint density at radius 1 is 1.11 bits per heavy atom. The van der Waals surface area contributed by atoms with Gasteiger partial charge in [0, 0.05) is 10.5 Å². The van der Waals surface area contributed by atoms with Gasteiger partial charge in [-0.2, -0.15) is 5.10 Å². The number of carbonyl (C=O) groups excluding carboxylic acids is 1. The molecule has 0 radical (unpaired) electrons. The van der Waals surface area contributed by atoms with Gasteiger partial charge < -0.3 is 14.8 Å². The summed E-state index contributed by atoms with van der Waals surface area (Å²) in [6.45, 7) is 0.834. The molecule has 3 rings (SSSR count). The highest BCUT2D eigenvalue weighted by molar-refractivity contribution is 9.10. The van der Waals surface area contributed by atoms with Crippen molar-refractivity contribution in [2.24, 2.45) is 0 Å². The van der Waals surface area contributed by atoms with E-state index in [-0.39, 0.29) is 18.9 Å². The van der Waals surface area contributed by atoms with E-state index in [1.807, 2.05) is 48.5 Å². The summed E-state index contributed by atoms with van der Waals surface area (Å²) in [4.78, 5) is 12.2. The van der Waals surface area contributed by atoms with Crippen molar-refractivity contribution in [2.45, 2.75) is 13.0 Å². The van der Waals surface area contributed by atoms with Crippen LogP contribution >= 0.6 is 15.9 Å². The lowest BCUT2D eigenvalue weighted by atomic mass is 10.2. The Balaban J connectivity index is 1.52. The van der Waals surface area contributed by atoms with Gasteiger partial charge in [0.15, 0.2) is 11.5 Å². The van der Waals surface area contributed by atoms with Crippen LogP contribution in [0.4, 0.5) is 5.82 Å². The molecule has 1 N–H and O–H groups in total. The lowest BCUT2D eigenvalue weighted by Gasteiger charge is -2.11. The number of carbonyl (C=O) groups is 1. The van der Waals surface area contributed by atoms with Crippen molar-refractivity contribution < 1.29 is 14.3 Å². The predicted molar refractivity (Wildman–Crippen MR) is 107 cm³/mol. The Kier molecular flexibility index (Phi) is 6.49. The van der Waals surface area contributed by atoms with E-state index < -0.39 is 0 Å². The van der Waals surface area contributed by atoms with Crippen molar-refractivity contribution in [3.05, 3.63) is 70.8 Å². The summed E-state index contributed by atoms with van der Waals surface area (Å²) in [5.41, 5.74) is 1.09. The van der Waals surface area contributed by atoms with Crippen LogP contribution in [0.25, 0.3) is 0 Å². The molecule has 0 saturated carbocycles. The van der Waals surface area contributed by atoms with E-state index in [1.54, 1.807) is 24.1 Å². The summed E-state index contributed by atoms with van der Waals surface area (Å²) >= 11 is 3.42. The SMILES string of the molecule is COc1ccccc1OCCC(=O)Nc1ccnn1Cc1ccc(Br)cc1. The number of ether oxygens (including phenoxy) is 2. The Bertz CT molecular complexity index is 893. The van der Waals surface area contributed by atoms with Crippen LogP contribution in [0.5, 0.6) is 11.5 Å². The second kappa shape index (κ2) is 9.23. The van der Waals surface area contributed by atoms with Crippen LogP contribution in [-0.4, -0.2) is 29.4 Å². The van der Waals surface area contributed by atoms with Crippen LogP contribution in [0.15, 0.2) is 65.3 Å². The van der Waals surface area contributed by atoms with Crippen LogP contribution in [0.1, 0.15) is 12.0 Å². The highest BCUT2D eigenvalue weighted by Gasteiger charge is 2.09. The fourth-order valence-corrected chi connectivity index (χ4v) is 2.79. The second-order valence-electron chi connectivity index (χ2n) is 5.80. The number of anilines is 1. The van der Waals surface area contributed by atoms with E-state index in [1.165, 1.54) is 0 Å². The Morgan fingerprint density at radius 2 is 1.85 bits per heavy atom. The molecule has 0 aliphatic rings. The summed E-state index contributed by atoms with van der Waals surface area (Å²) in [6, 6.07) is 17.1. The number of rotatable bonds is 8. The summed E-state index contributed by atoms with van der Waals surface area (Å²) in [6.07, 6.45) is 1.89. The number of para-hydroxylation sites is 2. The van der Waals surface area contributed by atoms with Crippen LogP contribution in [0.3, 0.4) is 0 Å². The molecule has 27 heavy (non-hydrogen) atoms. The van der Waals surface area contributed by atoms with Gasteiger partial charge in [0.25, 0.3) is 0 Å². The monoisotopic (exact) mass is 429 g/mol. The van der Waals surface area contributed by atoms with Gasteiger partial charge in [0.05, 0.1) is 32.9 Å². The molecule has 1 heterocycles. The minimum absolute atomic E-state index is 0.137. The molecule has 0 fully saturated rings. The molecular formula is C20H20BrN3O3. The van der Waals surface area contributed by atoms with Crippen LogP contribution < -0.4 is 14.8 Å². The van der Waals surface area contributed by atoms with Gasteiger partial charge in [-0.1, -0.05) is 40.2 Å². The van der Waals surface area contributed by atoms with E-state index in [9.17, 15) is 4.79 Å². The molecule has 0 atom stereocenters. The molecule has 0 saturated heterocycles. The molecule has 7 heteroatoms. The third kappa shape index (κ3) is 5.34. The number of nitrogens with zero attached hydrogens (tertiary/aromatic N) is 2. The molecule has 0 aliphatic heterocycles. The number of halogens is 1. The minimum atomic E-state index is -0.137. The average Bonchev–Trinajstić information content (AvgIpc) is 3.10. The van der Waals surface area contributed by atoms with E-state index in [0.29, 0.717) is 23.9 Å². The Morgan fingerprint density at radius 3 is 2.59 bits per heavy atom. The molecule has 1 aromatic heterocycles. The van der Waals surface area contributed by atoms with Gasteiger partial charge in [0.1, 0.15) is 5.82 Å². The van der Waals surface area contributed by atoms with Crippen molar-refractivity contribution in [1.82, 2.24) is 9.78 Å². The van der Waals surface area contributed by atoms with Gasteiger partial charge in [0.2, 0.25) is 5.91 Å². The Labute approximate surface area is 166 Å². The maximum Gasteiger partial charge on any atom is 0.228 e. The van der Waals surface area contributed by atoms with Gasteiger partial charge in [-0.3, -0.25) is 4.79 Å². The first-order chi connectivity index (χ1) is 13.2. The first-order valence-corrected chi connectivity index (χ1v) is 9.27. The molecule has 0 spiro atoms. The zero-order valence-corrected chi connectivity index (χ0v) is 16.5. The molecule has 3 aromatic rings. The quantitative estimate of drug-likeness (QED) is 0.584. The van der Waals surface area contributed by atoms with Gasteiger partial charge >= 0.3 is 0 Å². The third-order valence-corrected chi connectivity index (χ3v) is 4.41. The van der Waals surface area contributed by atoms with E-state index in [4.69, 9.17) is 9.47 Å². The number of methoxy groups -OCH3 is 1. The molecule has 140 valence electrons. The average molecular weight is 430 g/mol. The number of hydrogen-bond donors (Lipinski definition) is 1. The number of benzene rings is 2. The Hall–Kier alpha value is -2.80. The summed E-state index contributed by atoms with van der Waals surface area (Å²) < 4.78 is 13.6. The molecule has 2 aromatic carbocycles. The second-order valence-corrected chi connectivity index (χ2v) is 6.71. The largest absolute Gasteiger partial charge is 0.493 e. The molecule has 1 amide bonds. The standard InChI is InChI=1S/C20H20BrN3O3/c1-26-17-4-2-3-5-18(17)27-13-11-20(25)23-19-10-12-22-24(19)14-15-6-8-16(21)9-7-15/h2-10,12H,11,13-14H2,1H3,(H,23,25). The lowest BCUT2D eigenvalue weighted by molar-refractivity contribution is -0.116. The number of hydrogen-bond acceptors (Lipinski definition) is 4. The minimum Gasteiger partial charge on any atom is -0.493 e.